The lowest BCUT2D eigenvalue weighted by Gasteiger charge is -2.38. The van der Waals surface area contributed by atoms with Gasteiger partial charge in [0.2, 0.25) is 10.0 Å². The molecule has 0 aliphatic carbocycles. The van der Waals surface area contributed by atoms with Gasteiger partial charge in [0, 0.05) is 44.6 Å². The van der Waals surface area contributed by atoms with Crippen LogP contribution in [0.2, 0.25) is 0 Å². The molecule has 0 radical (unpaired) electrons. The first-order valence-corrected chi connectivity index (χ1v) is 10.9. The quantitative estimate of drug-likeness (QED) is 0.623. The summed E-state index contributed by atoms with van der Waals surface area (Å²) >= 11 is 0. The summed E-state index contributed by atoms with van der Waals surface area (Å²) in [6, 6.07) is 0. The lowest BCUT2D eigenvalue weighted by Crippen LogP contribution is -2.50. The van der Waals surface area contributed by atoms with E-state index in [1.807, 2.05) is 0 Å². The number of sulfonamides is 1. The van der Waals surface area contributed by atoms with Gasteiger partial charge in [-0.3, -0.25) is 4.79 Å². The Hall–Kier alpha value is -1.45. The highest BCUT2D eigenvalue weighted by Gasteiger charge is 2.51. The average Bonchev–Trinajstić information content (AvgIpc) is 2.81. The number of nitrogens with zero attached hydrogens (tertiary/aromatic N) is 2. The summed E-state index contributed by atoms with van der Waals surface area (Å²) < 4.78 is 30.4. The van der Waals surface area contributed by atoms with E-state index in [0.717, 1.165) is 25.9 Å². The largest absolute Gasteiger partial charge is 0.450 e. The van der Waals surface area contributed by atoms with Gasteiger partial charge in [0.05, 0.1) is 11.8 Å². The van der Waals surface area contributed by atoms with Crippen molar-refractivity contribution in [2.75, 3.05) is 45.5 Å². The van der Waals surface area contributed by atoms with E-state index in [0.29, 0.717) is 30.5 Å². The van der Waals surface area contributed by atoms with E-state index in [1.165, 1.54) is 4.31 Å². The smallest absolute Gasteiger partial charge is 0.335 e. The number of carbonyl (C=O) groups is 2. The van der Waals surface area contributed by atoms with Gasteiger partial charge in [-0.05, 0) is 20.0 Å². The normalized spacial score (nSPS) is 20.7. The van der Waals surface area contributed by atoms with Crippen molar-refractivity contribution in [1.29, 1.82) is 0 Å². The zero-order valence-electron chi connectivity index (χ0n) is 16.0. The second-order valence-corrected chi connectivity index (χ2v) is 8.81. The third-order valence-electron chi connectivity index (χ3n) is 5.26. The predicted molar refractivity (Wildman–Crippen MR) is 98.0 cm³/mol. The Labute approximate surface area is 155 Å². The molecule has 9 heteroatoms. The fourth-order valence-corrected chi connectivity index (χ4v) is 4.46. The minimum absolute atomic E-state index is 0.232. The summed E-state index contributed by atoms with van der Waals surface area (Å²) in [6.07, 6.45) is 1.75. The van der Waals surface area contributed by atoms with Gasteiger partial charge in [0.15, 0.2) is 0 Å². The van der Waals surface area contributed by atoms with E-state index in [9.17, 15) is 18.0 Å². The van der Waals surface area contributed by atoms with Gasteiger partial charge in [-0.2, -0.15) is 0 Å². The molecule has 148 valence electrons. The molecule has 1 N–H and O–H groups in total. The van der Waals surface area contributed by atoms with Crippen LogP contribution in [0.1, 0.15) is 33.6 Å². The Balaban J connectivity index is 2.09. The third kappa shape index (κ3) is 4.27. The Morgan fingerprint density at radius 3 is 2.35 bits per heavy atom. The van der Waals surface area contributed by atoms with Crippen LogP contribution in [-0.2, 0) is 24.3 Å². The maximum Gasteiger partial charge on any atom is 0.335 e. The molecule has 0 saturated carbocycles. The number of piperidine rings is 1. The van der Waals surface area contributed by atoms with Crippen molar-refractivity contribution in [3.63, 3.8) is 0 Å². The van der Waals surface area contributed by atoms with Crippen molar-refractivity contribution in [3.8, 4) is 0 Å². The third-order valence-corrected chi connectivity index (χ3v) is 6.56. The van der Waals surface area contributed by atoms with Crippen LogP contribution >= 0.6 is 0 Å². The van der Waals surface area contributed by atoms with E-state index in [4.69, 9.17) is 4.74 Å². The highest BCUT2D eigenvalue weighted by Crippen LogP contribution is 2.41. The monoisotopic (exact) mass is 387 g/mol. The van der Waals surface area contributed by atoms with Gasteiger partial charge in [0.25, 0.3) is 5.91 Å². The molecule has 2 aliphatic heterocycles. The Morgan fingerprint density at radius 1 is 1.27 bits per heavy atom. The molecule has 1 amide bonds. The van der Waals surface area contributed by atoms with Crippen LogP contribution in [0, 0.1) is 0 Å². The van der Waals surface area contributed by atoms with Gasteiger partial charge in [-0.1, -0.05) is 13.8 Å². The number of carbonyl (C=O) groups excluding carboxylic acids is 2. The highest BCUT2D eigenvalue weighted by molar-refractivity contribution is 7.88. The minimum atomic E-state index is -3.30. The molecule has 1 spiro atoms. The number of esters is 1. The van der Waals surface area contributed by atoms with Gasteiger partial charge in [0.1, 0.15) is 5.60 Å². The number of hydrogen-bond acceptors (Lipinski definition) is 6. The average molecular weight is 388 g/mol. The molecule has 2 heterocycles. The molecule has 1 fully saturated rings. The Kier molecular flexibility index (Phi) is 6.46. The molecule has 0 atom stereocenters. The van der Waals surface area contributed by atoms with E-state index in [2.05, 4.69) is 24.1 Å². The maximum atomic E-state index is 12.8. The van der Waals surface area contributed by atoms with Crippen molar-refractivity contribution in [2.24, 2.45) is 0 Å². The Morgan fingerprint density at radius 2 is 1.85 bits per heavy atom. The summed E-state index contributed by atoms with van der Waals surface area (Å²) in [6.45, 7) is 9.20. The Bertz CT molecular complexity index is 689. The molecular weight excluding hydrogens is 358 g/mol. The number of hydrogen-bond donors (Lipinski definition) is 1. The molecule has 0 bridgehead atoms. The molecular formula is C17H29N3O5S. The fourth-order valence-electron chi connectivity index (χ4n) is 3.61. The lowest BCUT2D eigenvalue weighted by atomic mass is 9.83. The first kappa shape index (κ1) is 20.9. The number of rotatable bonds is 7. The number of likely N-dealkylation sites (N-methyl/N-ethyl adjacent to an activating group) is 1. The van der Waals surface area contributed by atoms with Crippen molar-refractivity contribution < 1.29 is 22.7 Å². The predicted octanol–water partition coefficient (Wildman–Crippen LogP) is 0.112. The van der Waals surface area contributed by atoms with Crippen LogP contribution < -0.4 is 5.32 Å². The van der Waals surface area contributed by atoms with E-state index < -0.39 is 21.6 Å². The molecule has 0 unspecified atom stereocenters. The van der Waals surface area contributed by atoms with E-state index in [-0.39, 0.29) is 19.0 Å². The van der Waals surface area contributed by atoms with Crippen molar-refractivity contribution in [1.82, 2.24) is 14.5 Å². The number of ether oxygens (including phenoxy) is 1. The minimum Gasteiger partial charge on any atom is -0.450 e. The zero-order valence-corrected chi connectivity index (χ0v) is 16.8. The topological polar surface area (TPSA) is 96.0 Å². The second-order valence-electron chi connectivity index (χ2n) is 6.83. The van der Waals surface area contributed by atoms with Crippen molar-refractivity contribution >= 4 is 21.9 Å². The van der Waals surface area contributed by atoms with Gasteiger partial charge < -0.3 is 15.0 Å². The SMILES string of the molecule is CCN(CC)CCNC(=O)C1=C(C)C(=O)OC12CCN(S(C)(=O)=O)CC2. The van der Waals surface area contributed by atoms with E-state index in [1.54, 1.807) is 6.92 Å². The fraction of sp³-hybridized carbons (Fsp3) is 0.765. The lowest BCUT2D eigenvalue weighted by molar-refractivity contribution is -0.150. The standard InChI is InChI=1S/C17H29N3O5S/c1-5-19(6-2)12-9-18-15(21)14-13(3)16(22)25-17(14)7-10-20(11-8-17)26(4,23)24/h5-12H2,1-4H3,(H,18,21). The van der Waals surface area contributed by atoms with Crippen LogP contribution in [0.3, 0.4) is 0 Å². The molecule has 1 saturated heterocycles. The molecule has 0 aromatic heterocycles. The molecule has 2 rings (SSSR count). The van der Waals surface area contributed by atoms with Crippen molar-refractivity contribution in [3.05, 3.63) is 11.1 Å². The summed E-state index contributed by atoms with van der Waals surface area (Å²) in [5.41, 5.74) is -0.338. The molecule has 26 heavy (non-hydrogen) atoms. The van der Waals surface area contributed by atoms with Crippen LogP contribution in [0.5, 0.6) is 0 Å². The van der Waals surface area contributed by atoms with Gasteiger partial charge >= 0.3 is 5.97 Å². The maximum absolute atomic E-state index is 12.8. The van der Waals surface area contributed by atoms with Gasteiger partial charge in [-0.15, -0.1) is 0 Å². The van der Waals surface area contributed by atoms with Gasteiger partial charge in [-0.25, -0.2) is 17.5 Å². The summed E-state index contributed by atoms with van der Waals surface area (Å²) in [7, 11) is -3.30. The summed E-state index contributed by atoms with van der Waals surface area (Å²) in [5, 5.41) is 2.89. The first-order chi connectivity index (χ1) is 12.1. The summed E-state index contributed by atoms with van der Waals surface area (Å²) in [5.74, 6) is -0.792. The van der Waals surface area contributed by atoms with Crippen LogP contribution in [-0.4, -0.2) is 80.6 Å². The number of amides is 1. The van der Waals surface area contributed by atoms with Crippen molar-refractivity contribution in [2.45, 2.75) is 39.2 Å². The van der Waals surface area contributed by atoms with Crippen LogP contribution in [0.25, 0.3) is 0 Å². The highest BCUT2D eigenvalue weighted by atomic mass is 32.2. The van der Waals surface area contributed by atoms with Crippen LogP contribution in [0.4, 0.5) is 0 Å². The molecule has 8 nitrogen and oxygen atoms in total. The first-order valence-electron chi connectivity index (χ1n) is 9.05. The second kappa shape index (κ2) is 8.06. The molecule has 2 aliphatic rings. The molecule has 0 aromatic rings. The number of nitrogens with one attached hydrogen (secondary N) is 1. The van der Waals surface area contributed by atoms with E-state index >= 15 is 0 Å². The molecule has 0 aromatic carbocycles. The summed E-state index contributed by atoms with van der Waals surface area (Å²) in [4.78, 5) is 27.1. The zero-order chi connectivity index (χ0) is 19.5. The van der Waals surface area contributed by atoms with Crippen LogP contribution in [0.15, 0.2) is 11.1 Å².